The fraction of sp³-hybridized carbons (Fsp3) is 0.0667. The number of nitrogens with zero attached hydrogens (tertiary/aromatic N) is 2. The topological polar surface area (TPSA) is 63.8 Å². The molecule has 4 nitrogen and oxygen atoms in total. The average molecular weight is 286 g/mol. The molecule has 0 fully saturated rings. The number of aromatic nitrogens is 2. The van der Waals surface area contributed by atoms with E-state index in [0.717, 1.165) is 0 Å². The highest BCUT2D eigenvalue weighted by Crippen LogP contribution is 2.25. The Morgan fingerprint density at radius 1 is 0.952 bits per heavy atom. The predicted octanol–water partition coefficient (Wildman–Crippen LogP) is 2.46. The molecular formula is C15H12F2N4. The van der Waals surface area contributed by atoms with E-state index in [2.05, 4.69) is 15.4 Å². The molecule has 0 amide bonds. The lowest BCUT2D eigenvalue weighted by molar-refractivity contribution is 0.505. The normalized spacial score (nSPS) is 12.5. The number of rotatable bonds is 3. The van der Waals surface area contributed by atoms with Gasteiger partial charge in [0, 0.05) is 5.56 Å². The molecule has 3 N–H and O–H groups in total. The molecule has 2 aromatic carbocycles. The fourth-order valence-electron chi connectivity index (χ4n) is 2.21. The third-order valence-corrected chi connectivity index (χ3v) is 3.22. The summed E-state index contributed by atoms with van der Waals surface area (Å²) in [4.78, 5) is 8.60. The van der Waals surface area contributed by atoms with E-state index in [1.54, 1.807) is 12.1 Å². The number of hydrazine groups is 1. The molecule has 0 saturated carbocycles. The van der Waals surface area contributed by atoms with Gasteiger partial charge in [-0.05, 0) is 24.3 Å². The first-order chi connectivity index (χ1) is 10.2. The highest BCUT2D eigenvalue weighted by molar-refractivity contribution is 5.73. The van der Waals surface area contributed by atoms with Crippen LogP contribution in [-0.2, 0) is 0 Å². The molecule has 106 valence electrons. The van der Waals surface area contributed by atoms with Gasteiger partial charge < -0.3 is 0 Å². The number of fused-ring (bicyclic) bond motifs is 1. The summed E-state index contributed by atoms with van der Waals surface area (Å²) in [5, 5.41) is 0. The first-order valence-corrected chi connectivity index (χ1v) is 6.32. The average Bonchev–Trinajstić information content (AvgIpc) is 2.50. The predicted molar refractivity (Wildman–Crippen MR) is 75.1 cm³/mol. The highest BCUT2D eigenvalue weighted by Gasteiger charge is 2.22. The Morgan fingerprint density at radius 3 is 2.29 bits per heavy atom. The Hall–Kier alpha value is -2.44. The zero-order chi connectivity index (χ0) is 14.8. The van der Waals surface area contributed by atoms with E-state index in [4.69, 9.17) is 5.84 Å². The van der Waals surface area contributed by atoms with Crippen LogP contribution in [0, 0.1) is 11.6 Å². The van der Waals surface area contributed by atoms with Gasteiger partial charge in [-0.2, -0.15) is 0 Å². The SMILES string of the molecule is NNC(c1cnc2ccccc2n1)c1c(F)cccc1F. The monoisotopic (exact) mass is 286 g/mol. The van der Waals surface area contributed by atoms with Gasteiger partial charge in [0.2, 0.25) is 0 Å². The second-order valence-corrected chi connectivity index (χ2v) is 4.52. The molecule has 3 aromatic rings. The number of hydrogen-bond donors (Lipinski definition) is 2. The number of nitrogens with one attached hydrogen (secondary N) is 1. The van der Waals surface area contributed by atoms with Gasteiger partial charge in [0.1, 0.15) is 11.6 Å². The van der Waals surface area contributed by atoms with Crippen molar-refractivity contribution in [2.75, 3.05) is 0 Å². The van der Waals surface area contributed by atoms with Crippen LogP contribution >= 0.6 is 0 Å². The summed E-state index contributed by atoms with van der Waals surface area (Å²) in [6.45, 7) is 0. The van der Waals surface area contributed by atoms with Crippen molar-refractivity contribution in [2.45, 2.75) is 6.04 Å². The molecule has 0 radical (unpaired) electrons. The van der Waals surface area contributed by atoms with Crippen molar-refractivity contribution in [3.05, 3.63) is 71.6 Å². The molecule has 6 heteroatoms. The summed E-state index contributed by atoms with van der Waals surface area (Å²) in [5.74, 6) is 4.09. The van der Waals surface area contributed by atoms with Crippen LogP contribution in [0.2, 0.25) is 0 Å². The molecule has 3 rings (SSSR count). The number of hydrogen-bond acceptors (Lipinski definition) is 4. The molecule has 1 aromatic heterocycles. The fourth-order valence-corrected chi connectivity index (χ4v) is 2.21. The molecule has 0 aliphatic heterocycles. The van der Waals surface area contributed by atoms with Gasteiger partial charge in [-0.3, -0.25) is 10.8 Å². The van der Waals surface area contributed by atoms with E-state index in [0.29, 0.717) is 16.7 Å². The van der Waals surface area contributed by atoms with Crippen molar-refractivity contribution < 1.29 is 8.78 Å². The number of para-hydroxylation sites is 2. The highest BCUT2D eigenvalue weighted by atomic mass is 19.1. The van der Waals surface area contributed by atoms with Crippen molar-refractivity contribution in [1.82, 2.24) is 15.4 Å². The van der Waals surface area contributed by atoms with Crippen LogP contribution < -0.4 is 11.3 Å². The van der Waals surface area contributed by atoms with E-state index in [1.165, 1.54) is 24.4 Å². The molecule has 1 heterocycles. The van der Waals surface area contributed by atoms with Crippen LogP contribution in [0.25, 0.3) is 11.0 Å². The van der Waals surface area contributed by atoms with Crippen LogP contribution in [0.5, 0.6) is 0 Å². The number of benzene rings is 2. The Balaban J connectivity index is 2.14. The first-order valence-electron chi connectivity index (χ1n) is 6.32. The standard InChI is InChI=1S/C15H12F2N4/c16-9-4-3-5-10(17)14(9)15(21-18)13-8-19-11-6-1-2-7-12(11)20-13/h1-8,15,21H,18H2. The molecule has 0 saturated heterocycles. The van der Waals surface area contributed by atoms with Crippen molar-refractivity contribution in [3.63, 3.8) is 0 Å². The summed E-state index contributed by atoms with van der Waals surface area (Å²) in [7, 11) is 0. The lowest BCUT2D eigenvalue weighted by Crippen LogP contribution is -2.31. The first kappa shape index (κ1) is 13.5. The minimum Gasteiger partial charge on any atom is -0.271 e. The van der Waals surface area contributed by atoms with Gasteiger partial charge in [-0.15, -0.1) is 0 Å². The second-order valence-electron chi connectivity index (χ2n) is 4.52. The van der Waals surface area contributed by atoms with Gasteiger partial charge in [-0.25, -0.2) is 19.2 Å². The van der Waals surface area contributed by atoms with E-state index in [1.807, 2.05) is 12.1 Å². The van der Waals surface area contributed by atoms with Gasteiger partial charge in [0.05, 0.1) is 29.0 Å². The Morgan fingerprint density at radius 2 is 1.62 bits per heavy atom. The second kappa shape index (κ2) is 5.51. The maximum atomic E-state index is 13.9. The zero-order valence-corrected chi connectivity index (χ0v) is 10.9. The van der Waals surface area contributed by atoms with E-state index in [9.17, 15) is 8.78 Å². The van der Waals surface area contributed by atoms with Crippen LogP contribution in [0.15, 0.2) is 48.7 Å². The van der Waals surface area contributed by atoms with Crippen LogP contribution in [0.1, 0.15) is 17.3 Å². The van der Waals surface area contributed by atoms with E-state index in [-0.39, 0.29) is 5.56 Å². The summed E-state index contributed by atoms with van der Waals surface area (Å²) in [6.07, 6.45) is 1.46. The quantitative estimate of drug-likeness (QED) is 0.573. The van der Waals surface area contributed by atoms with Crippen molar-refractivity contribution in [1.29, 1.82) is 0 Å². The van der Waals surface area contributed by atoms with Crippen molar-refractivity contribution in [3.8, 4) is 0 Å². The third kappa shape index (κ3) is 2.46. The molecule has 1 unspecified atom stereocenters. The summed E-state index contributed by atoms with van der Waals surface area (Å²) in [5.41, 5.74) is 3.90. The molecule has 0 bridgehead atoms. The lowest BCUT2D eigenvalue weighted by Gasteiger charge is -2.17. The minimum atomic E-state index is -0.914. The van der Waals surface area contributed by atoms with Crippen molar-refractivity contribution in [2.24, 2.45) is 5.84 Å². The molecule has 21 heavy (non-hydrogen) atoms. The third-order valence-electron chi connectivity index (χ3n) is 3.22. The van der Waals surface area contributed by atoms with E-state index < -0.39 is 17.7 Å². The van der Waals surface area contributed by atoms with Crippen LogP contribution in [-0.4, -0.2) is 9.97 Å². The summed E-state index contributed by atoms with van der Waals surface area (Å²) >= 11 is 0. The maximum absolute atomic E-state index is 13.9. The van der Waals surface area contributed by atoms with Crippen LogP contribution in [0.3, 0.4) is 0 Å². The maximum Gasteiger partial charge on any atom is 0.131 e. The van der Waals surface area contributed by atoms with Gasteiger partial charge in [-0.1, -0.05) is 18.2 Å². The molecule has 0 spiro atoms. The summed E-state index contributed by atoms with van der Waals surface area (Å²) < 4.78 is 27.8. The molecule has 0 aliphatic rings. The Kier molecular flexibility index (Phi) is 3.55. The Labute approximate surface area is 119 Å². The lowest BCUT2D eigenvalue weighted by atomic mass is 10.0. The van der Waals surface area contributed by atoms with E-state index >= 15 is 0 Å². The van der Waals surface area contributed by atoms with Gasteiger partial charge in [0.25, 0.3) is 0 Å². The summed E-state index contributed by atoms with van der Waals surface area (Å²) in [6, 6.07) is 9.98. The molecular weight excluding hydrogens is 274 g/mol. The minimum absolute atomic E-state index is 0.176. The Bertz CT molecular complexity index is 771. The molecule has 1 atom stereocenters. The van der Waals surface area contributed by atoms with Crippen molar-refractivity contribution >= 4 is 11.0 Å². The number of nitrogens with two attached hydrogens (primary N) is 1. The number of halogens is 2. The largest absolute Gasteiger partial charge is 0.271 e. The molecule has 0 aliphatic carbocycles. The van der Waals surface area contributed by atoms with Crippen LogP contribution in [0.4, 0.5) is 8.78 Å². The smallest absolute Gasteiger partial charge is 0.131 e. The van der Waals surface area contributed by atoms with Gasteiger partial charge in [0.15, 0.2) is 0 Å². The zero-order valence-electron chi connectivity index (χ0n) is 10.9. The van der Waals surface area contributed by atoms with Gasteiger partial charge >= 0.3 is 0 Å².